The van der Waals surface area contributed by atoms with E-state index in [1.54, 1.807) is 11.3 Å². The summed E-state index contributed by atoms with van der Waals surface area (Å²) in [5.74, 6) is 4.64. The zero-order chi connectivity index (χ0) is 20.1. The van der Waals surface area contributed by atoms with E-state index in [2.05, 4.69) is 38.7 Å². The van der Waals surface area contributed by atoms with Crippen LogP contribution in [-0.2, 0) is 4.79 Å². The van der Waals surface area contributed by atoms with Crippen LogP contribution in [0.15, 0.2) is 22.9 Å². The minimum atomic E-state index is 0.311. The molecule has 4 fully saturated rings. The van der Waals surface area contributed by atoms with Crippen LogP contribution in [0.4, 0.5) is 0 Å². The van der Waals surface area contributed by atoms with E-state index < -0.39 is 0 Å². The Hall–Kier alpha value is -1.05. The maximum atomic E-state index is 12.1. The molecule has 158 valence electrons. The van der Waals surface area contributed by atoms with Crippen LogP contribution in [0.1, 0.15) is 85.5 Å². The van der Waals surface area contributed by atoms with Gasteiger partial charge in [-0.15, -0.1) is 0 Å². The molecule has 6 aliphatic rings. The predicted octanol–water partition coefficient (Wildman–Crippen LogP) is 6.13. The highest BCUT2D eigenvalue weighted by atomic mass is 16.1. The molecule has 0 aromatic carbocycles. The van der Waals surface area contributed by atoms with Gasteiger partial charge in [0.1, 0.15) is 0 Å². The van der Waals surface area contributed by atoms with E-state index in [1.165, 1.54) is 57.1 Å². The number of ketones is 1. The summed E-state index contributed by atoms with van der Waals surface area (Å²) in [6.07, 6.45) is 13.4. The zero-order valence-corrected chi connectivity index (χ0v) is 19.0. The van der Waals surface area contributed by atoms with Crippen LogP contribution in [0, 0.1) is 40.4 Å². The maximum Gasteiger partial charge on any atom is 0.155 e. The smallest absolute Gasteiger partial charge is 0.155 e. The molecule has 2 unspecified atom stereocenters. The standard InChI is InChI=1S/C27H39NO/c1-16-5-8-23-17(2)25-24(28(23)15-16)14-22-20-7-6-18-13-19(29)9-11-26(18,3)21(20)10-12-27(22,25)4/h13,16,20-22,24-25H,5-12,14-15H2,1-4H3/t16-,20+,21-,22-,24?,25?,26-,27-/m0/s1. The lowest BCUT2D eigenvalue weighted by Crippen LogP contribution is -2.50. The van der Waals surface area contributed by atoms with Crippen LogP contribution in [0.25, 0.3) is 0 Å². The summed E-state index contributed by atoms with van der Waals surface area (Å²) in [6, 6.07) is 0.791. The molecule has 2 heterocycles. The van der Waals surface area contributed by atoms with Crippen LogP contribution in [-0.4, -0.2) is 23.3 Å². The molecule has 0 aromatic heterocycles. The second kappa shape index (κ2) is 6.01. The van der Waals surface area contributed by atoms with E-state index in [-0.39, 0.29) is 0 Å². The van der Waals surface area contributed by atoms with Gasteiger partial charge in [0.25, 0.3) is 0 Å². The van der Waals surface area contributed by atoms with Gasteiger partial charge in [-0.3, -0.25) is 4.79 Å². The topological polar surface area (TPSA) is 20.3 Å². The van der Waals surface area contributed by atoms with Crippen LogP contribution in [0.5, 0.6) is 0 Å². The summed E-state index contributed by atoms with van der Waals surface area (Å²) in [6.45, 7) is 11.5. The Morgan fingerprint density at radius 2 is 1.86 bits per heavy atom. The third kappa shape index (κ3) is 2.32. The van der Waals surface area contributed by atoms with Gasteiger partial charge in [-0.05, 0) is 104 Å². The van der Waals surface area contributed by atoms with Crippen LogP contribution < -0.4 is 0 Å². The van der Waals surface area contributed by atoms with Gasteiger partial charge in [-0.1, -0.05) is 26.3 Å². The van der Waals surface area contributed by atoms with E-state index in [4.69, 9.17) is 0 Å². The fourth-order valence-electron chi connectivity index (χ4n) is 9.67. The largest absolute Gasteiger partial charge is 0.371 e. The summed E-state index contributed by atoms with van der Waals surface area (Å²) in [5, 5.41) is 0. The Kier molecular flexibility index (Phi) is 3.88. The van der Waals surface area contributed by atoms with Gasteiger partial charge in [0.2, 0.25) is 0 Å². The number of allylic oxidation sites excluding steroid dienone is 2. The summed E-state index contributed by atoms with van der Waals surface area (Å²) in [7, 11) is 0. The highest BCUT2D eigenvalue weighted by molar-refractivity contribution is 5.91. The van der Waals surface area contributed by atoms with Gasteiger partial charge in [-0.25, -0.2) is 0 Å². The molecule has 2 heteroatoms. The van der Waals surface area contributed by atoms with Gasteiger partial charge in [0.15, 0.2) is 5.78 Å². The second-order valence-corrected chi connectivity index (χ2v) is 12.2. The molecule has 0 aromatic rings. The molecule has 0 bridgehead atoms. The highest BCUT2D eigenvalue weighted by Crippen LogP contribution is 2.69. The first-order valence-corrected chi connectivity index (χ1v) is 12.5. The van der Waals surface area contributed by atoms with Crippen LogP contribution >= 0.6 is 0 Å². The molecular weight excluding hydrogens is 354 g/mol. The first-order valence-electron chi connectivity index (χ1n) is 12.5. The average molecular weight is 394 g/mol. The van der Waals surface area contributed by atoms with Crippen LogP contribution in [0.3, 0.4) is 0 Å². The normalized spacial score (nSPS) is 51.1. The number of nitrogens with zero attached hydrogens (tertiary/aromatic N) is 1. The first-order chi connectivity index (χ1) is 13.8. The van der Waals surface area contributed by atoms with Crippen molar-refractivity contribution in [3.05, 3.63) is 22.9 Å². The van der Waals surface area contributed by atoms with Gasteiger partial charge in [0.05, 0.1) is 0 Å². The highest BCUT2D eigenvalue weighted by Gasteiger charge is 2.64. The molecule has 6 rings (SSSR count). The second-order valence-electron chi connectivity index (χ2n) is 12.2. The molecule has 8 atom stereocenters. The summed E-state index contributed by atoms with van der Waals surface area (Å²) < 4.78 is 0. The lowest BCUT2D eigenvalue weighted by Gasteiger charge is -2.58. The quantitative estimate of drug-likeness (QED) is 0.493. The Bertz CT molecular complexity index is 822. The molecule has 0 radical (unpaired) electrons. The number of hydrogen-bond acceptors (Lipinski definition) is 2. The number of rotatable bonds is 0. The molecule has 3 saturated carbocycles. The molecule has 0 spiro atoms. The van der Waals surface area contributed by atoms with Gasteiger partial charge in [-0.2, -0.15) is 0 Å². The number of fused-ring (bicyclic) bond motifs is 9. The van der Waals surface area contributed by atoms with Crippen molar-refractivity contribution in [3.8, 4) is 0 Å². The predicted molar refractivity (Wildman–Crippen MR) is 117 cm³/mol. The lowest BCUT2D eigenvalue weighted by molar-refractivity contribution is -0.117. The van der Waals surface area contributed by atoms with E-state index in [0.29, 0.717) is 16.6 Å². The van der Waals surface area contributed by atoms with Crippen molar-refractivity contribution in [2.75, 3.05) is 6.54 Å². The molecule has 0 N–H and O–H groups in total. The fourth-order valence-corrected chi connectivity index (χ4v) is 9.67. The van der Waals surface area contributed by atoms with Crippen molar-refractivity contribution in [1.82, 2.24) is 4.90 Å². The zero-order valence-electron chi connectivity index (χ0n) is 19.0. The Morgan fingerprint density at radius 1 is 1.03 bits per heavy atom. The third-order valence-electron chi connectivity index (χ3n) is 11.0. The molecule has 2 aliphatic heterocycles. The fraction of sp³-hybridized carbons (Fsp3) is 0.815. The van der Waals surface area contributed by atoms with E-state index in [9.17, 15) is 4.79 Å². The SMILES string of the molecule is CC1=C2CC[C@H](C)CN2C2C[C@H]3[C@@H]4CCC5=CC(=O)CC[C@]5(C)[C@H]4CC[C@]3(C)C12. The molecule has 1 saturated heterocycles. The van der Waals surface area contributed by atoms with Gasteiger partial charge in [0, 0.05) is 30.6 Å². The third-order valence-corrected chi connectivity index (χ3v) is 11.0. The van der Waals surface area contributed by atoms with Crippen molar-refractivity contribution < 1.29 is 4.79 Å². The first kappa shape index (κ1) is 18.7. The minimum Gasteiger partial charge on any atom is -0.371 e. The van der Waals surface area contributed by atoms with Crippen molar-refractivity contribution in [1.29, 1.82) is 0 Å². The monoisotopic (exact) mass is 393 g/mol. The van der Waals surface area contributed by atoms with Crippen molar-refractivity contribution in [3.63, 3.8) is 0 Å². The van der Waals surface area contributed by atoms with E-state index in [1.807, 2.05) is 0 Å². The number of carbonyl (C=O) groups is 1. The van der Waals surface area contributed by atoms with Crippen molar-refractivity contribution in [2.24, 2.45) is 40.4 Å². The number of piperidine rings is 1. The Labute approximate surface area is 177 Å². The maximum absolute atomic E-state index is 12.1. The summed E-state index contributed by atoms with van der Waals surface area (Å²) in [4.78, 5) is 15.0. The van der Waals surface area contributed by atoms with Crippen LogP contribution in [0.2, 0.25) is 0 Å². The molecule has 4 aliphatic carbocycles. The van der Waals surface area contributed by atoms with Crippen molar-refractivity contribution >= 4 is 5.78 Å². The number of carbonyl (C=O) groups excluding carboxylic acids is 1. The average Bonchev–Trinajstić information content (AvgIpc) is 3.15. The number of hydrogen-bond donors (Lipinski definition) is 0. The van der Waals surface area contributed by atoms with Gasteiger partial charge >= 0.3 is 0 Å². The lowest BCUT2D eigenvalue weighted by atomic mass is 9.46. The Balaban J connectivity index is 1.35. The minimum absolute atomic E-state index is 0.311. The molecule has 0 amide bonds. The van der Waals surface area contributed by atoms with E-state index in [0.717, 1.165) is 48.5 Å². The molecule has 29 heavy (non-hydrogen) atoms. The van der Waals surface area contributed by atoms with Crippen molar-refractivity contribution in [2.45, 2.75) is 91.5 Å². The van der Waals surface area contributed by atoms with E-state index >= 15 is 0 Å². The summed E-state index contributed by atoms with van der Waals surface area (Å²) >= 11 is 0. The Morgan fingerprint density at radius 3 is 2.69 bits per heavy atom. The summed E-state index contributed by atoms with van der Waals surface area (Å²) in [5.41, 5.74) is 5.85. The molecular formula is C27H39NO. The van der Waals surface area contributed by atoms with Gasteiger partial charge < -0.3 is 4.90 Å². The molecule has 2 nitrogen and oxygen atoms in total.